The topological polar surface area (TPSA) is 75.7 Å². The van der Waals surface area contributed by atoms with E-state index < -0.39 is 10.0 Å². The standard InChI is InChI=1S/C17H22N2O4S/c1-19-15-8-7-13(24(21,22)18-9-10-23-2)11-14(15)16(17(19)20)12-5-3-4-6-12/h7-8,11,18H,3-6,9-10H2,1-2H3. The number of rotatable bonds is 5. The molecule has 1 aromatic rings. The maximum atomic E-state index is 12.6. The van der Waals surface area contributed by atoms with Gasteiger partial charge in [0.2, 0.25) is 10.0 Å². The van der Waals surface area contributed by atoms with Gasteiger partial charge in [-0.15, -0.1) is 0 Å². The van der Waals surface area contributed by atoms with Gasteiger partial charge >= 0.3 is 0 Å². The summed E-state index contributed by atoms with van der Waals surface area (Å²) >= 11 is 0. The van der Waals surface area contributed by atoms with Gasteiger partial charge in [0.25, 0.3) is 5.91 Å². The third-order valence-electron chi connectivity index (χ3n) is 4.59. The van der Waals surface area contributed by atoms with E-state index in [2.05, 4.69) is 4.72 Å². The highest BCUT2D eigenvalue weighted by atomic mass is 32.2. The lowest BCUT2D eigenvalue weighted by Crippen LogP contribution is -2.27. The number of carbonyl (C=O) groups is 1. The second-order valence-corrected chi connectivity index (χ2v) is 7.89. The third-order valence-corrected chi connectivity index (χ3v) is 6.05. The van der Waals surface area contributed by atoms with Crippen molar-refractivity contribution in [2.24, 2.45) is 0 Å². The van der Waals surface area contributed by atoms with Crippen LogP contribution in [0.2, 0.25) is 0 Å². The summed E-state index contributed by atoms with van der Waals surface area (Å²) in [6.07, 6.45) is 4.00. The summed E-state index contributed by atoms with van der Waals surface area (Å²) < 4.78 is 32.2. The maximum Gasteiger partial charge on any atom is 0.258 e. The summed E-state index contributed by atoms with van der Waals surface area (Å²) in [5, 5.41) is 0. The highest BCUT2D eigenvalue weighted by molar-refractivity contribution is 7.89. The number of anilines is 1. The first kappa shape index (κ1) is 17.1. The first-order chi connectivity index (χ1) is 11.5. The molecule has 0 unspecified atom stereocenters. The van der Waals surface area contributed by atoms with Crippen molar-refractivity contribution in [2.75, 3.05) is 32.2 Å². The van der Waals surface area contributed by atoms with Crippen LogP contribution in [0.15, 0.2) is 28.7 Å². The number of methoxy groups -OCH3 is 1. The van der Waals surface area contributed by atoms with Crippen LogP contribution in [0.1, 0.15) is 31.2 Å². The lowest BCUT2D eigenvalue weighted by Gasteiger charge is -2.10. The molecule has 130 valence electrons. The molecular formula is C17H22N2O4S. The van der Waals surface area contributed by atoms with Crippen LogP contribution in [0.25, 0.3) is 5.57 Å². The molecule has 1 saturated carbocycles. The summed E-state index contributed by atoms with van der Waals surface area (Å²) in [6, 6.07) is 4.87. The Morgan fingerprint density at radius 2 is 1.96 bits per heavy atom. The molecule has 0 atom stereocenters. The average Bonchev–Trinajstić information content (AvgIpc) is 3.15. The van der Waals surface area contributed by atoms with E-state index in [1.54, 1.807) is 30.1 Å². The van der Waals surface area contributed by atoms with Crippen molar-refractivity contribution in [3.63, 3.8) is 0 Å². The fourth-order valence-corrected chi connectivity index (χ4v) is 4.36. The summed E-state index contributed by atoms with van der Waals surface area (Å²) in [7, 11) is -0.369. The number of amides is 1. The van der Waals surface area contributed by atoms with E-state index in [0.717, 1.165) is 42.5 Å². The van der Waals surface area contributed by atoms with Crippen molar-refractivity contribution < 1.29 is 17.9 Å². The first-order valence-electron chi connectivity index (χ1n) is 8.09. The highest BCUT2D eigenvalue weighted by Gasteiger charge is 2.34. The van der Waals surface area contributed by atoms with Crippen LogP contribution < -0.4 is 9.62 Å². The zero-order chi connectivity index (χ0) is 17.3. The van der Waals surface area contributed by atoms with Gasteiger partial charge in [0.15, 0.2) is 0 Å². The Labute approximate surface area is 142 Å². The van der Waals surface area contributed by atoms with Crippen molar-refractivity contribution in [1.82, 2.24) is 4.72 Å². The van der Waals surface area contributed by atoms with Gasteiger partial charge in [0.1, 0.15) is 0 Å². The van der Waals surface area contributed by atoms with E-state index >= 15 is 0 Å². The van der Waals surface area contributed by atoms with E-state index in [1.165, 1.54) is 7.11 Å². The minimum Gasteiger partial charge on any atom is -0.383 e. The van der Waals surface area contributed by atoms with Gasteiger partial charge in [-0.05, 0) is 43.9 Å². The Morgan fingerprint density at radius 1 is 1.25 bits per heavy atom. The van der Waals surface area contributed by atoms with E-state index in [-0.39, 0.29) is 17.3 Å². The molecule has 0 aromatic heterocycles. The largest absolute Gasteiger partial charge is 0.383 e. The minimum absolute atomic E-state index is 0.0382. The Kier molecular flexibility index (Phi) is 4.76. The molecule has 0 saturated heterocycles. The average molecular weight is 350 g/mol. The Hall–Kier alpha value is -1.70. The van der Waals surface area contributed by atoms with Crippen molar-refractivity contribution in [3.8, 4) is 0 Å². The van der Waals surface area contributed by atoms with Gasteiger partial charge in [-0.1, -0.05) is 5.57 Å². The van der Waals surface area contributed by atoms with Crippen LogP contribution in [0, 0.1) is 0 Å². The third kappa shape index (κ3) is 2.99. The van der Waals surface area contributed by atoms with Gasteiger partial charge in [0.05, 0.1) is 17.2 Å². The zero-order valence-corrected chi connectivity index (χ0v) is 14.8. The van der Waals surface area contributed by atoms with Crippen LogP contribution in [0.3, 0.4) is 0 Å². The highest BCUT2D eigenvalue weighted by Crippen LogP contribution is 2.42. The quantitative estimate of drug-likeness (QED) is 0.650. The van der Waals surface area contributed by atoms with E-state index in [4.69, 9.17) is 4.74 Å². The summed E-state index contributed by atoms with van der Waals surface area (Å²) in [4.78, 5) is 14.4. The molecule has 0 radical (unpaired) electrons. The SMILES string of the molecule is COCCNS(=O)(=O)c1ccc2c(c1)C(=C1CCCC1)C(=O)N2C. The number of benzene rings is 1. The Morgan fingerprint density at radius 3 is 2.62 bits per heavy atom. The summed E-state index contributed by atoms with van der Waals surface area (Å²) in [5.74, 6) is -0.0382. The monoisotopic (exact) mass is 350 g/mol. The molecule has 1 aromatic carbocycles. The molecule has 1 N–H and O–H groups in total. The smallest absolute Gasteiger partial charge is 0.258 e. The second kappa shape index (κ2) is 6.66. The van der Waals surface area contributed by atoms with Crippen LogP contribution in [0.5, 0.6) is 0 Å². The summed E-state index contributed by atoms with van der Waals surface area (Å²) in [5.41, 5.74) is 3.34. The molecule has 3 rings (SSSR count). The van der Waals surface area contributed by atoms with Gasteiger partial charge in [-0.2, -0.15) is 0 Å². The molecule has 1 aliphatic carbocycles. The Bertz CT molecular complexity index is 791. The van der Waals surface area contributed by atoms with Gasteiger partial charge in [0, 0.05) is 31.8 Å². The lowest BCUT2D eigenvalue weighted by atomic mass is 10.00. The number of nitrogens with zero attached hydrogens (tertiary/aromatic N) is 1. The Balaban J connectivity index is 2.01. The number of allylic oxidation sites excluding steroid dienone is 1. The number of hydrogen-bond acceptors (Lipinski definition) is 4. The predicted octanol–water partition coefficient (Wildman–Crippen LogP) is 1.92. The molecule has 1 fully saturated rings. The van der Waals surface area contributed by atoms with Crippen LogP contribution in [-0.2, 0) is 19.6 Å². The molecule has 1 amide bonds. The maximum absolute atomic E-state index is 12.6. The lowest BCUT2D eigenvalue weighted by molar-refractivity contribution is -0.112. The minimum atomic E-state index is -3.62. The van der Waals surface area contributed by atoms with Crippen LogP contribution in [0.4, 0.5) is 5.69 Å². The number of ether oxygens (including phenoxy) is 1. The number of sulfonamides is 1. The molecular weight excluding hydrogens is 328 g/mol. The first-order valence-corrected chi connectivity index (χ1v) is 9.57. The zero-order valence-electron chi connectivity index (χ0n) is 14.0. The number of carbonyl (C=O) groups excluding carboxylic acids is 1. The fourth-order valence-electron chi connectivity index (χ4n) is 3.32. The molecule has 7 heteroatoms. The van der Waals surface area contributed by atoms with Gasteiger partial charge in [-0.3, -0.25) is 4.79 Å². The number of fused-ring (bicyclic) bond motifs is 1. The number of likely N-dealkylation sites (N-methyl/N-ethyl adjacent to an activating group) is 1. The van der Waals surface area contributed by atoms with Gasteiger partial charge in [-0.25, -0.2) is 13.1 Å². The molecule has 2 aliphatic rings. The summed E-state index contributed by atoms with van der Waals surface area (Å²) in [6.45, 7) is 0.517. The molecule has 0 spiro atoms. The number of nitrogens with one attached hydrogen (secondary N) is 1. The fraction of sp³-hybridized carbons (Fsp3) is 0.471. The molecule has 1 aliphatic heterocycles. The van der Waals surface area contributed by atoms with Crippen LogP contribution >= 0.6 is 0 Å². The molecule has 0 bridgehead atoms. The predicted molar refractivity (Wildman–Crippen MR) is 92.3 cm³/mol. The van der Waals surface area contributed by atoms with Crippen molar-refractivity contribution in [3.05, 3.63) is 29.3 Å². The van der Waals surface area contributed by atoms with Crippen molar-refractivity contribution in [1.29, 1.82) is 0 Å². The van der Waals surface area contributed by atoms with Crippen LogP contribution in [-0.4, -0.2) is 41.6 Å². The normalized spacial score (nSPS) is 17.8. The molecule has 6 nitrogen and oxygen atoms in total. The second-order valence-electron chi connectivity index (χ2n) is 6.12. The molecule has 24 heavy (non-hydrogen) atoms. The van der Waals surface area contributed by atoms with E-state index in [1.807, 2.05) is 0 Å². The van der Waals surface area contributed by atoms with Gasteiger partial charge < -0.3 is 9.64 Å². The van der Waals surface area contributed by atoms with E-state index in [9.17, 15) is 13.2 Å². The number of hydrogen-bond donors (Lipinski definition) is 1. The van der Waals surface area contributed by atoms with Crippen molar-refractivity contribution >= 4 is 27.2 Å². The molecule has 1 heterocycles. The van der Waals surface area contributed by atoms with Crippen molar-refractivity contribution in [2.45, 2.75) is 30.6 Å². The van der Waals surface area contributed by atoms with E-state index in [0.29, 0.717) is 12.2 Å².